The Labute approximate surface area is 67.2 Å². The van der Waals surface area contributed by atoms with Crippen LogP contribution in [0.15, 0.2) is 12.2 Å². The molecule has 2 N–H and O–H groups in total. The maximum absolute atomic E-state index is 10.2. The van der Waals surface area contributed by atoms with Crippen LogP contribution in [0.4, 0.5) is 0 Å². The first-order valence-electron chi connectivity index (χ1n) is 3.66. The Morgan fingerprint density at radius 2 is 2.27 bits per heavy atom. The molecule has 3 heteroatoms. The van der Waals surface area contributed by atoms with Crippen LogP contribution in [0.5, 0.6) is 0 Å². The van der Waals surface area contributed by atoms with Gasteiger partial charge in [0.1, 0.15) is 0 Å². The van der Waals surface area contributed by atoms with Crippen molar-refractivity contribution in [2.75, 3.05) is 13.2 Å². The molecule has 0 unspecified atom stereocenters. The number of nitrogens with two attached hydrogens (primary N) is 1. The third-order valence-electron chi connectivity index (χ3n) is 0.947. The van der Waals surface area contributed by atoms with Gasteiger partial charge < -0.3 is 10.5 Å². The van der Waals surface area contributed by atoms with Crippen molar-refractivity contribution in [2.45, 2.75) is 13.8 Å². The monoisotopic (exact) mass is 157 g/mol. The molecule has 0 fully saturated rings. The summed E-state index contributed by atoms with van der Waals surface area (Å²) >= 11 is 0. The number of hydrogen-bond donors (Lipinski definition) is 1. The van der Waals surface area contributed by atoms with Crippen LogP contribution >= 0.6 is 0 Å². The van der Waals surface area contributed by atoms with Crippen molar-refractivity contribution < 1.29 is 9.53 Å². The summed E-state index contributed by atoms with van der Waals surface area (Å²) < 4.78 is 5.15. The number of carbonyl (C=O) groups excluding carboxylic acids is 1. The topological polar surface area (TPSA) is 52.3 Å². The summed E-state index contributed by atoms with van der Waals surface area (Å²) in [5, 5.41) is 0. The van der Waals surface area contributed by atoms with E-state index in [0.717, 1.165) is 0 Å². The molecule has 0 heterocycles. The Balaban J connectivity index is 3.21. The van der Waals surface area contributed by atoms with Crippen molar-refractivity contribution >= 4 is 5.91 Å². The molecule has 0 aliphatic carbocycles. The molecular formula is C8H15NO2. The second kappa shape index (κ2) is 5.92. The summed E-state index contributed by atoms with van der Waals surface area (Å²) in [5.74, 6) is 0.0927. The molecule has 0 bridgehead atoms. The fourth-order valence-electron chi connectivity index (χ4n) is 0.536. The third kappa shape index (κ3) is 9.17. The van der Waals surface area contributed by atoms with Crippen LogP contribution in [0.3, 0.4) is 0 Å². The van der Waals surface area contributed by atoms with Crippen molar-refractivity contribution in [1.29, 1.82) is 0 Å². The summed E-state index contributed by atoms with van der Waals surface area (Å²) in [7, 11) is 0. The van der Waals surface area contributed by atoms with E-state index in [1.807, 2.05) is 0 Å². The van der Waals surface area contributed by atoms with Crippen molar-refractivity contribution in [2.24, 2.45) is 11.7 Å². The standard InChI is InChI=1S/C8H15NO2/c1-7(2)6-11-5-3-4-8(9)10/h3-4,7H,5-6H2,1-2H3,(H2,9,10)/b4-3+. The zero-order chi connectivity index (χ0) is 8.69. The molecule has 11 heavy (non-hydrogen) atoms. The van der Waals surface area contributed by atoms with Gasteiger partial charge in [-0.25, -0.2) is 0 Å². The Hall–Kier alpha value is -0.830. The number of rotatable bonds is 5. The smallest absolute Gasteiger partial charge is 0.241 e. The number of hydrogen-bond acceptors (Lipinski definition) is 2. The van der Waals surface area contributed by atoms with E-state index in [1.54, 1.807) is 6.08 Å². The largest absolute Gasteiger partial charge is 0.377 e. The molecular weight excluding hydrogens is 142 g/mol. The Morgan fingerprint density at radius 1 is 1.64 bits per heavy atom. The Kier molecular flexibility index (Phi) is 5.47. The lowest BCUT2D eigenvalue weighted by molar-refractivity contribution is -0.113. The number of amides is 1. The minimum atomic E-state index is -0.432. The second-order valence-corrected chi connectivity index (χ2v) is 2.74. The maximum atomic E-state index is 10.2. The average molecular weight is 157 g/mol. The fraction of sp³-hybridized carbons (Fsp3) is 0.625. The first-order valence-corrected chi connectivity index (χ1v) is 3.66. The third-order valence-corrected chi connectivity index (χ3v) is 0.947. The minimum Gasteiger partial charge on any atom is -0.377 e. The lowest BCUT2D eigenvalue weighted by Gasteiger charge is -2.02. The van der Waals surface area contributed by atoms with Crippen LogP contribution in [0.1, 0.15) is 13.8 Å². The molecule has 0 aliphatic heterocycles. The van der Waals surface area contributed by atoms with Gasteiger partial charge >= 0.3 is 0 Å². The molecule has 0 saturated carbocycles. The molecule has 0 rings (SSSR count). The number of ether oxygens (including phenoxy) is 1. The highest BCUT2D eigenvalue weighted by Gasteiger charge is 1.90. The van der Waals surface area contributed by atoms with E-state index in [-0.39, 0.29) is 0 Å². The van der Waals surface area contributed by atoms with Crippen LogP contribution in [0.2, 0.25) is 0 Å². The average Bonchev–Trinajstić information content (AvgIpc) is 1.85. The Bertz CT molecular complexity index is 141. The molecule has 0 radical (unpaired) electrons. The van der Waals surface area contributed by atoms with E-state index in [2.05, 4.69) is 13.8 Å². The lowest BCUT2D eigenvalue weighted by Crippen LogP contribution is -2.07. The predicted molar refractivity (Wildman–Crippen MR) is 44.0 cm³/mol. The minimum absolute atomic E-state index is 0.432. The predicted octanol–water partition coefficient (Wildman–Crippen LogP) is 0.701. The zero-order valence-corrected chi connectivity index (χ0v) is 7.04. The van der Waals surface area contributed by atoms with Crippen molar-refractivity contribution in [1.82, 2.24) is 0 Å². The van der Waals surface area contributed by atoms with Gasteiger partial charge in [0.25, 0.3) is 0 Å². The SMILES string of the molecule is CC(C)COC/C=C/C(N)=O. The highest BCUT2D eigenvalue weighted by molar-refractivity contribution is 5.85. The number of carbonyl (C=O) groups is 1. The van der Waals surface area contributed by atoms with Crippen LogP contribution in [-0.2, 0) is 9.53 Å². The summed E-state index contributed by atoms with van der Waals surface area (Å²) in [5.41, 5.74) is 4.85. The summed E-state index contributed by atoms with van der Waals surface area (Å²) in [6.07, 6.45) is 2.92. The van der Waals surface area contributed by atoms with E-state index < -0.39 is 5.91 Å². The lowest BCUT2D eigenvalue weighted by atomic mass is 10.2. The van der Waals surface area contributed by atoms with E-state index >= 15 is 0 Å². The molecule has 1 amide bonds. The zero-order valence-electron chi connectivity index (χ0n) is 7.04. The molecule has 0 spiro atoms. The Morgan fingerprint density at radius 3 is 2.73 bits per heavy atom. The molecule has 0 aromatic heterocycles. The van der Waals surface area contributed by atoms with Crippen LogP contribution < -0.4 is 5.73 Å². The van der Waals surface area contributed by atoms with Gasteiger partial charge in [-0.1, -0.05) is 19.9 Å². The van der Waals surface area contributed by atoms with Crippen molar-refractivity contribution in [3.63, 3.8) is 0 Å². The fourth-order valence-corrected chi connectivity index (χ4v) is 0.536. The first kappa shape index (κ1) is 10.2. The molecule has 64 valence electrons. The quantitative estimate of drug-likeness (QED) is 0.472. The van der Waals surface area contributed by atoms with Crippen LogP contribution in [0, 0.1) is 5.92 Å². The van der Waals surface area contributed by atoms with Crippen molar-refractivity contribution in [3.8, 4) is 0 Å². The van der Waals surface area contributed by atoms with Gasteiger partial charge in [-0.05, 0) is 5.92 Å². The van der Waals surface area contributed by atoms with Gasteiger partial charge in [0.15, 0.2) is 0 Å². The van der Waals surface area contributed by atoms with E-state index in [9.17, 15) is 4.79 Å². The summed E-state index contributed by atoms with van der Waals surface area (Å²) in [4.78, 5) is 10.2. The number of primary amides is 1. The molecule has 0 saturated heterocycles. The van der Waals surface area contributed by atoms with E-state index in [1.165, 1.54) is 6.08 Å². The van der Waals surface area contributed by atoms with Gasteiger partial charge in [-0.15, -0.1) is 0 Å². The van der Waals surface area contributed by atoms with Crippen molar-refractivity contribution in [3.05, 3.63) is 12.2 Å². The van der Waals surface area contributed by atoms with Gasteiger partial charge in [-0.2, -0.15) is 0 Å². The molecule has 3 nitrogen and oxygen atoms in total. The van der Waals surface area contributed by atoms with Gasteiger partial charge in [0, 0.05) is 12.7 Å². The first-order chi connectivity index (χ1) is 5.13. The van der Waals surface area contributed by atoms with Gasteiger partial charge in [0.2, 0.25) is 5.91 Å². The molecule has 0 atom stereocenters. The van der Waals surface area contributed by atoms with Crippen LogP contribution in [0.25, 0.3) is 0 Å². The molecule has 0 aromatic carbocycles. The summed E-state index contributed by atoms with van der Waals surface area (Å²) in [6.45, 7) is 5.31. The maximum Gasteiger partial charge on any atom is 0.241 e. The van der Waals surface area contributed by atoms with Gasteiger partial charge in [-0.3, -0.25) is 4.79 Å². The highest BCUT2D eigenvalue weighted by Crippen LogP contribution is 1.91. The van der Waals surface area contributed by atoms with E-state index in [0.29, 0.717) is 19.1 Å². The van der Waals surface area contributed by atoms with Gasteiger partial charge in [0.05, 0.1) is 6.61 Å². The normalized spacial score (nSPS) is 11.2. The highest BCUT2D eigenvalue weighted by atomic mass is 16.5. The molecule has 0 aromatic rings. The van der Waals surface area contributed by atoms with E-state index in [4.69, 9.17) is 10.5 Å². The van der Waals surface area contributed by atoms with Crippen LogP contribution in [-0.4, -0.2) is 19.1 Å². The second-order valence-electron chi connectivity index (χ2n) is 2.74. The summed E-state index contributed by atoms with van der Waals surface area (Å²) in [6, 6.07) is 0. The molecule has 0 aliphatic rings.